The summed E-state index contributed by atoms with van der Waals surface area (Å²) in [6.45, 7) is 0. The third kappa shape index (κ3) is 4.65. The summed E-state index contributed by atoms with van der Waals surface area (Å²) in [7, 11) is 0. The molecule has 0 amide bonds. The number of hydrogen-bond donors (Lipinski definition) is 0. The summed E-state index contributed by atoms with van der Waals surface area (Å²) in [5, 5.41) is 2.45. The molecule has 0 N–H and O–H groups in total. The molecule has 0 saturated carbocycles. The van der Waals surface area contributed by atoms with Crippen molar-refractivity contribution in [2.24, 2.45) is 0 Å². The number of benzene rings is 8. The number of rotatable bonds is 5. The van der Waals surface area contributed by atoms with Gasteiger partial charge in [0.05, 0.1) is 27.8 Å². The van der Waals surface area contributed by atoms with Gasteiger partial charge in [-0.15, -0.1) is 0 Å². The maximum Gasteiger partial charge on any atom is 0.0973 e. The van der Waals surface area contributed by atoms with Gasteiger partial charge in [-0.1, -0.05) is 158 Å². The van der Waals surface area contributed by atoms with Gasteiger partial charge in [0.25, 0.3) is 0 Å². The zero-order valence-electron chi connectivity index (χ0n) is 27.9. The Kier molecular flexibility index (Phi) is 6.75. The molecule has 1 aliphatic rings. The number of para-hydroxylation sites is 2. The molecule has 238 valence electrons. The molecule has 0 fully saturated rings. The first-order valence-electron chi connectivity index (χ1n) is 17.5. The Bertz CT molecular complexity index is 2690. The lowest BCUT2D eigenvalue weighted by molar-refractivity contribution is 0.769. The fraction of sp³-hybridized carbons (Fsp3) is 0.0204. The molecule has 0 aliphatic heterocycles. The molecule has 0 saturated heterocycles. The molecule has 9 aromatic rings. The average molecular weight is 649 g/mol. The largest absolute Gasteiger partial charge is 0.244 e. The van der Waals surface area contributed by atoms with E-state index in [0.717, 1.165) is 39.1 Å². The van der Waals surface area contributed by atoms with Crippen LogP contribution in [0.4, 0.5) is 0 Å². The van der Waals surface area contributed by atoms with Crippen LogP contribution in [-0.4, -0.2) is 9.97 Å². The van der Waals surface area contributed by atoms with E-state index in [4.69, 9.17) is 9.97 Å². The van der Waals surface area contributed by atoms with Gasteiger partial charge in [0.15, 0.2) is 0 Å². The molecule has 1 heterocycles. The molecule has 0 spiro atoms. The molecular formula is C49H32N2. The lowest BCUT2D eigenvalue weighted by atomic mass is 9.67. The Balaban J connectivity index is 1.14. The summed E-state index contributed by atoms with van der Waals surface area (Å²) in [6, 6.07) is 69.8. The highest BCUT2D eigenvalue weighted by atomic mass is 14.8. The van der Waals surface area contributed by atoms with Gasteiger partial charge in [-0.2, -0.15) is 0 Å². The second-order valence-electron chi connectivity index (χ2n) is 13.3. The van der Waals surface area contributed by atoms with E-state index in [0.29, 0.717) is 0 Å². The fourth-order valence-corrected chi connectivity index (χ4v) is 8.21. The van der Waals surface area contributed by atoms with Gasteiger partial charge < -0.3 is 0 Å². The zero-order valence-corrected chi connectivity index (χ0v) is 27.9. The smallest absolute Gasteiger partial charge is 0.0973 e. The third-order valence-corrected chi connectivity index (χ3v) is 10.5. The predicted molar refractivity (Wildman–Crippen MR) is 211 cm³/mol. The van der Waals surface area contributed by atoms with Gasteiger partial charge in [0.1, 0.15) is 0 Å². The topological polar surface area (TPSA) is 25.8 Å². The van der Waals surface area contributed by atoms with Crippen molar-refractivity contribution < 1.29 is 0 Å². The Morgan fingerprint density at radius 3 is 1.57 bits per heavy atom. The SMILES string of the molecule is c1ccc(-c2nc3ccccc3nc2-c2cccc(-c3ccc4cc5c(cc4c3)-c3ccccc3C5(c3ccccc3)c3ccccc3)c2)cc1. The molecule has 8 aromatic carbocycles. The molecule has 1 aromatic heterocycles. The summed E-state index contributed by atoms with van der Waals surface area (Å²) in [5.41, 5.74) is 15.3. The van der Waals surface area contributed by atoms with Gasteiger partial charge in [0.2, 0.25) is 0 Å². The highest BCUT2D eigenvalue weighted by molar-refractivity contribution is 5.98. The van der Waals surface area contributed by atoms with E-state index in [9.17, 15) is 0 Å². The van der Waals surface area contributed by atoms with Crippen LogP contribution in [0.1, 0.15) is 22.3 Å². The van der Waals surface area contributed by atoms with E-state index in [1.807, 2.05) is 30.3 Å². The first-order valence-corrected chi connectivity index (χ1v) is 17.5. The van der Waals surface area contributed by atoms with Crippen molar-refractivity contribution in [2.75, 3.05) is 0 Å². The molecule has 2 heteroatoms. The second kappa shape index (κ2) is 11.8. The van der Waals surface area contributed by atoms with E-state index in [1.54, 1.807) is 0 Å². The molecule has 0 bridgehead atoms. The lowest BCUT2D eigenvalue weighted by Gasteiger charge is -2.34. The van der Waals surface area contributed by atoms with Gasteiger partial charge in [-0.3, -0.25) is 0 Å². The number of fused-ring (bicyclic) bond motifs is 5. The van der Waals surface area contributed by atoms with E-state index < -0.39 is 5.41 Å². The summed E-state index contributed by atoms with van der Waals surface area (Å²) in [6.07, 6.45) is 0. The van der Waals surface area contributed by atoms with Crippen LogP contribution in [0.3, 0.4) is 0 Å². The van der Waals surface area contributed by atoms with Crippen LogP contribution in [0, 0.1) is 0 Å². The van der Waals surface area contributed by atoms with E-state index in [-0.39, 0.29) is 0 Å². The maximum absolute atomic E-state index is 5.17. The van der Waals surface area contributed by atoms with Crippen LogP contribution in [0.2, 0.25) is 0 Å². The quantitative estimate of drug-likeness (QED) is 0.186. The zero-order chi connectivity index (χ0) is 33.8. The van der Waals surface area contributed by atoms with Crippen molar-refractivity contribution >= 4 is 21.8 Å². The highest BCUT2D eigenvalue weighted by Crippen LogP contribution is 2.56. The Labute approximate surface area is 297 Å². The summed E-state index contributed by atoms with van der Waals surface area (Å²) < 4.78 is 0. The van der Waals surface area contributed by atoms with Gasteiger partial charge >= 0.3 is 0 Å². The molecule has 0 atom stereocenters. The Morgan fingerprint density at radius 1 is 0.314 bits per heavy atom. The first-order chi connectivity index (χ1) is 25.3. The average Bonchev–Trinajstić information content (AvgIpc) is 3.50. The van der Waals surface area contributed by atoms with Gasteiger partial charge in [-0.25, -0.2) is 9.97 Å². The maximum atomic E-state index is 5.17. The Hall–Kier alpha value is -6.64. The fourth-order valence-electron chi connectivity index (χ4n) is 8.21. The molecule has 10 rings (SSSR count). The summed E-state index contributed by atoms with van der Waals surface area (Å²) >= 11 is 0. The van der Waals surface area contributed by atoms with Crippen LogP contribution >= 0.6 is 0 Å². The second-order valence-corrected chi connectivity index (χ2v) is 13.3. The van der Waals surface area contributed by atoms with Crippen molar-refractivity contribution in [1.29, 1.82) is 0 Å². The van der Waals surface area contributed by atoms with Crippen LogP contribution in [-0.2, 0) is 5.41 Å². The van der Waals surface area contributed by atoms with Crippen LogP contribution in [0.25, 0.3) is 66.6 Å². The van der Waals surface area contributed by atoms with Crippen molar-refractivity contribution in [1.82, 2.24) is 9.97 Å². The van der Waals surface area contributed by atoms with Crippen LogP contribution in [0.5, 0.6) is 0 Å². The van der Waals surface area contributed by atoms with Crippen LogP contribution in [0.15, 0.2) is 194 Å². The molecule has 2 nitrogen and oxygen atoms in total. The Morgan fingerprint density at radius 2 is 0.863 bits per heavy atom. The first kappa shape index (κ1) is 29.3. The van der Waals surface area contributed by atoms with E-state index in [1.165, 1.54) is 49.7 Å². The normalized spacial score (nSPS) is 12.9. The molecule has 1 aliphatic carbocycles. The van der Waals surface area contributed by atoms with Crippen molar-refractivity contribution in [3.8, 4) is 44.8 Å². The summed E-state index contributed by atoms with van der Waals surface area (Å²) in [4.78, 5) is 10.3. The standard InChI is InChI=1S/C49H32N2/c1-4-15-33(16-5-1)47-48(51-46-26-13-12-25-45(46)50-47)37-18-14-17-34(29-37)35-27-28-36-32-44-42(31-38(36)30-35)41-23-10-11-24-43(41)49(44,39-19-6-2-7-20-39)40-21-8-3-9-22-40/h1-32H. The lowest BCUT2D eigenvalue weighted by Crippen LogP contribution is -2.28. The molecule has 0 radical (unpaired) electrons. The van der Waals surface area contributed by atoms with Crippen molar-refractivity contribution in [3.05, 3.63) is 216 Å². The molecule has 51 heavy (non-hydrogen) atoms. The third-order valence-electron chi connectivity index (χ3n) is 10.5. The number of hydrogen-bond acceptors (Lipinski definition) is 2. The van der Waals surface area contributed by atoms with Gasteiger partial charge in [-0.05, 0) is 91.7 Å². The molecule has 0 unspecified atom stereocenters. The van der Waals surface area contributed by atoms with E-state index >= 15 is 0 Å². The van der Waals surface area contributed by atoms with E-state index in [2.05, 4.69) is 164 Å². The summed E-state index contributed by atoms with van der Waals surface area (Å²) in [5.74, 6) is 0. The highest BCUT2D eigenvalue weighted by Gasteiger charge is 2.46. The minimum absolute atomic E-state index is 0.410. The minimum Gasteiger partial charge on any atom is -0.244 e. The van der Waals surface area contributed by atoms with Crippen molar-refractivity contribution in [2.45, 2.75) is 5.41 Å². The minimum atomic E-state index is -0.410. The number of nitrogens with zero attached hydrogens (tertiary/aromatic N) is 2. The van der Waals surface area contributed by atoms with Gasteiger partial charge in [0, 0.05) is 11.1 Å². The predicted octanol–water partition coefficient (Wildman–Crippen LogP) is 12.1. The molecular weight excluding hydrogens is 617 g/mol. The van der Waals surface area contributed by atoms with Crippen molar-refractivity contribution in [3.63, 3.8) is 0 Å². The number of aromatic nitrogens is 2. The monoisotopic (exact) mass is 648 g/mol. The van der Waals surface area contributed by atoms with Crippen LogP contribution < -0.4 is 0 Å².